The molecule has 0 spiro atoms. The molecule has 2 heteroatoms. The van der Waals surface area contributed by atoms with Gasteiger partial charge in [-0.05, 0) is 36.0 Å². The molecule has 2 atom stereocenters. The highest BCUT2D eigenvalue weighted by Crippen LogP contribution is 2.31. The average Bonchev–Trinajstić information content (AvgIpc) is 2.19. The first-order valence-corrected chi connectivity index (χ1v) is 5.12. The van der Waals surface area contributed by atoms with Gasteiger partial charge in [0.05, 0.1) is 7.11 Å². The Morgan fingerprint density at radius 3 is 2.86 bits per heavy atom. The van der Waals surface area contributed by atoms with Crippen LogP contribution < -0.4 is 10.5 Å². The van der Waals surface area contributed by atoms with Gasteiger partial charge in [-0.25, -0.2) is 0 Å². The molecule has 2 N–H and O–H groups in total. The van der Waals surface area contributed by atoms with E-state index < -0.39 is 0 Å². The number of rotatable bonds is 1. The van der Waals surface area contributed by atoms with Crippen LogP contribution in [-0.2, 0) is 12.8 Å². The van der Waals surface area contributed by atoms with Crippen molar-refractivity contribution in [1.29, 1.82) is 0 Å². The summed E-state index contributed by atoms with van der Waals surface area (Å²) in [5.74, 6) is 1.57. The fraction of sp³-hybridized carbons (Fsp3) is 0.500. The van der Waals surface area contributed by atoms with Crippen LogP contribution in [0.4, 0.5) is 0 Å². The van der Waals surface area contributed by atoms with Crippen molar-refractivity contribution in [1.82, 2.24) is 0 Å². The second-order valence-corrected chi connectivity index (χ2v) is 4.15. The van der Waals surface area contributed by atoms with Crippen molar-refractivity contribution in [3.8, 4) is 5.75 Å². The Kier molecular flexibility index (Phi) is 2.46. The molecule has 0 amide bonds. The fourth-order valence-electron chi connectivity index (χ4n) is 2.16. The fourth-order valence-corrected chi connectivity index (χ4v) is 2.16. The number of hydrogen-bond acceptors (Lipinski definition) is 2. The highest BCUT2D eigenvalue weighted by molar-refractivity contribution is 5.42. The van der Waals surface area contributed by atoms with Crippen molar-refractivity contribution in [2.75, 3.05) is 7.11 Å². The maximum Gasteiger partial charge on any atom is 0.122 e. The first kappa shape index (κ1) is 9.53. The molecule has 0 unspecified atom stereocenters. The van der Waals surface area contributed by atoms with Crippen LogP contribution in [0.3, 0.4) is 0 Å². The van der Waals surface area contributed by atoms with Crippen LogP contribution in [0.5, 0.6) is 5.75 Å². The minimum atomic E-state index is 0.277. The summed E-state index contributed by atoms with van der Waals surface area (Å²) in [7, 11) is 1.72. The molecule has 76 valence electrons. The van der Waals surface area contributed by atoms with Crippen molar-refractivity contribution >= 4 is 0 Å². The van der Waals surface area contributed by atoms with Gasteiger partial charge in [0.1, 0.15) is 5.75 Å². The van der Waals surface area contributed by atoms with E-state index in [1.165, 1.54) is 11.1 Å². The number of fused-ring (bicyclic) bond motifs is 1. The Labute approximate surface area is 85.1 Å². The Morgan fingerprint density at radius 1 is 1.36 bits per heavy atom. The van der Waals surface area contributed by atoms with Gasteiger partial charge in [0, 0.05) is 6.04 Å². The molecule has 0 radical (unpaired) electrons. The highest BCUT2D eigenvalue weighted by atomic mass is 16.5. The Hall–Kier alpha value is -1.02. The molecule has 0 aliphatic heterocycles. The number of nitrogens with two attached hydrogens (primary N) is 1. The summed E-state index contributed by atoms with van der Waals surface area (Å²) in [6, 6.07) is 6.53. The summed E-state index contributed by atoms with van der Waals surface area (Å²) in [5, 5.41) is 0. The molecule has 0 aromatic heterocycles. The lowest BCUT2D eigenvalue weighted by atomic mass is 9.81. The average molecular weight is 191 g/mol. The predicted molar refractivity (Wildman–Crippen MR) is 57.5 cm³/mol. The van der Waals surface area contributed by atoms with Crippen molar-refractivity contribution in [3.05, 3.63) is 29.3 Å². The minimum Gasteiger partial charge on any atom is -0.496 e. The zero-order valence-corrected chi connectivity index (χ0v) is 8.79. The van der Waals surface area contributed by atoms with E-state index in [0.717, 1.165) is 18.6 Å². The molecule has 0 bridgehead atoms. The molecule has 1 aliphatic rings. The molecule has 2 rings (SSSR count). The van der Waals surface area contributed by atoms with Crippen LogP contribution in [0.2, 0.25) is 0 Å². The highest BCUT2D eigenvalue weighted by Gasteiger charge is 2.24. The zero-order chi connectivity index (χ0) is 10.1. The van der Waals surface area contributed by atoms with Gasteiger partial charge < -0.3 is 10.5 Å². The third-order valence-corrected chi connectivity index (χ3v) is 3.16. The molecule has 1 aromatic carbocycles. The Morgan fingerprint density at radius 2 is 2.14 bits per heavy atom. The van der Waals surface area contributed by atoms with E-state index >= 15 is 0 Å². The van der Waals surface area contributed by atoms with Crippen LogP contribution in [0.15, 0.2) is 18.2 Å². The molecule has 0 heterocycles. The van der Waals surface area contributed by atoms with E-state index in [1.54, 1.807) is 7.11 Å². The van der Waals surface area contributed by atoms with E-state index in [1.807, 2.05) is 6.07 Å². The summed E-state index contributed by atoms with van der Waals surface area (Å²) in [6.07, 6.45) is 2.02. The van der Waals surface area contributed by atoms with E-state index in [9.17, 15) is 0 Å². The van der Waals surface area contributed by atoms with Crippen molar-refractivity contribution in [3.63, 3.8) is 0 Å². The van der Waals surface area contributed by atoms with E-state index in [2.05, 4.69) is 19.1 Å². The third kappa shape index (κ3) is 1.50. The monoisotopic (exact) mass is 191 g/mol. The first-order valence-electron chi connectivity index (χ1n) is 5.12. The topological polar surface area (TPSA) is 35.2 Å². The lowest BCUT2D eigenvalue weighted by Crippen LogP contribution is -2.35. The Bertz CT molecular complexity index is 335. The maximum absolute atomic E-state index is 6.06. The van der Waals surface area contributed by atoms with E-state index in [4.69, 9.17) is 10.5 Å². The molecule has 2 nitrogen and oxygen atoms in total. The van der Waals surface area contributed by atoms with Gasteiger partial charge in [-0.15, -0.1) is 0 Å². The van der Waals surface area contributed by atoms with Gasteiger partial charge in [-0.3, -0.25) is 0 Å². The molecule has 0 fully saturated rings. The molecule has 14 heavy (non-hydrogen) atoms. The predicted octanol–water partition coefficient (Wildman–Crippen LogP) is 1.76. The van der Waals surface area contributed by atoms with Gasteiger partial charge >= 0.3 is 0 Å². The van der Waals surface area contributed by atoms with Crippen LogP contribution in [-0.4, -0.2) is 13.2 Å². The maximum atomic E-state index is 6.06. The molecule has 0 saturated heterocycles. The Balaban J connectivity index is 2.41. The quantitative estimate of drug-likeness (QED) is 0.734. The SMILES string of the molecule is COc1cccc2c1C[C@H](N)[C@@H](C)C2. The normalized spacial score (nSPS) is 25.6. The summed E-state index contributed by atoms with van der Waals surface area (Å²) in [4.78, 5) is 0. The summed E-state index contributed by atoms with van der Waals surface area (Å²) in [5.41, 5.74) is 8.77. The standard InChI is InChI=1S/C12H17NO/c1-8-6-9-4-3-5-12(14-2)10(9)7-11(8)13/h3-5,8,11H,6-7,13H2,1-2H3/t8-,11-/m0/s1. The number of methoxy groups -OCH3 is 1. The van der Waals surface area contributed by atoms with Gasteiger partial charge in [0.25, 0.3) is 0 Å². The zero-order valence-electron chi connectivity index (χ0n) is 8.79. The molecule has 1 aliphatic carbocycles. The largest absolute Gasteiger partial charge is 0.496 e. The number of ether oxygens (including phenoxy) is 1. The van der Waals surface area contributed by atoms with Gasteiger partial charge in [0.15, 0.2) is 0 Å². The lowest BCUT2D eigenvalue weighted by molar-refractivity contribution is 0.384. The number of benzene rings is 1. The summed E-state index contributed by atoms with van der Waals surface area (Å²) in [6.45, 7) is 2.22. The minimum absolute atomic E-state index is 0.277. The molecule has 1 aromatic rings. The van der Waals surface area contributed by atoms with Crippen LogP contribution in [0, 0.1) is 5.92 Å². The first-order chi connectivity index (χ1) is 6.72. The van der Waals surface area contributed by atoms with E-state index in [0.29, 0.717) is 5.92 Å². The molecule has 0 saturated carbocycles. The van der Waals surface area contributed by atoms with Crippen LogP contribution in [0.25, 0.3) is 0 Å². The molecular formula is C12H17NO. The second-order valence-electron chi connectivity index (χ2n) is 4.15. The van der Waals surface area contributed by atoms with Gasteiger partial charge in [0.2, 0.25) is 0 Å². The second kappa shape index (κ2) is 3.62. The van der Waals surface area contributed by atoms with Gasteiger partial charge in [-0.2, -0.15) is 0 Å². The van der Waals surface area contributed by atoms with Crippen molar-refractivity contribution in [2.24, 2.45) is 11.7 Å². The molecular weight excluding hydrogens is 174 g/mol. The third-order valence-electron chi connectivity index (χ3n) is 3.16. The van der Waals surface area contributed by atoms with Crippen LogP contribution in [0.1, 0.15) is 18.1 Å². The smallest absolute Gasteiger partial charge is 0.122 e. The van der Waals surface area contributed by atoms with Crippen molar-refractivity contribution in [2.45, 2.75) is 25.8 Å². The van der Waals surface area contributed by atoms with Gasteiger partial charge in [-0.1, -0.05) is 19.1 Å². The summed E-state index contributed by atoms with van der Waals surface area (Å²) >= 11 is 0. The van der Waals surface area contributed by atoms with Crippen molar-refractivity contribution < 1.29 is 4.74 Å². The summed E-state index contributed by atoms with van der Waals surface area (Å²) < 4.78 is 5.34. The van der Waals surface area contributed by atoms with Crippen LogP contribution >= 0.6 is 0 Å². The number of hydrogen-bond donors (Lipinski definition) is 1. The lowest BCUT2D eigenvalue weighted by Gasteiger charge is -2.28. The van der Waals surface area contributed by atoms with E-state index in [-0.39, 0.29) is 6.04 Å².